The molecule has 2 rings (SSSR count). The van der Waals surface area contributed by atoms with Gasteiger partial charge in [0.2, 0.25) is 6.04 Å². The van der Waals surface area contributed by atoms with Crippen LogP contribution in [-0.2, 0) is 14.3 Å². The first-order chi connectivity index (χ1) is 14.4. The van der Waals surface area contributed by atoms with E-state index in [1.54, 1.807) is 52.8 Å². The van der Waals surface area contributed by atoms with E-state index < -0.39 is 46.4 Å². The maximum absolute atomic E-state index is 13.1. The number of hydrogen-bond donors (Lipinski definition) is 0. The lowest BCUT2D eigenvalue weighted by atomic mass is 9.72. The molecule has 1 aromatic rings. The Kier molecular flexibility index (Phi) is 7.70. The van der Waals surface area contributed by atoms with Crippen LogP contribution in [0.2, 0.25) is 5.02 Å². The fraction of sp³-hybridized carbons (Fsp3) is 0.545. The van der Waals surface area contributed by atoms with Crippen molar-refractivity contribution in [3.8, 4) is 0 Å². The van der Waals surface area contributed by atoms with Crippen molar-refractivity contribution in [2.75, 3.05) is 13.2 Å². The number of carbonyl (C=O) groups is 2. The number of rotatable bonds is 6. The normalized spacial score (nSPS) is 23.4. The lowest BCUT2D eigenvalue weighted by Crippen LogP contribution is -2.48. The highest BCUT2D eigenvalue weighted by molar-refractivity contribution is 6.30. The van der Waals surface area contributed by atoms with Crippen LogP contribution in [0, 0.1) is 28.4 Å². The van der Waals surface area contributed by atoms with Gasteiger partial charge in [-0.2, -0.15) is 0 Å². The highest BCUT2D eigenvalue weighted by Crippen LogP contribution is 2.50. The zero-order valence-corrected chi connectivity index (χ0v) is 19.2. The van der Waals surface area contributed by atoms with Crippen LogP contribution in [0.3, 0.4) is 0 Å². The number of ether oxygens (including phenoxy) is 2. The summed E-state index contributed by atoms with van der Waals surface area (Å²) >= 11 is 6.20. The Hall–Kier alpha value is -2.61. The monoisotopic (exact) mass is 452 g/mol. The van der Waals surface area contributed by atoms with Crippen molar-refractivity contribution in [1.82, 2.24) is 4.90 Å². The molecule has 170 valence electrons. The maximum Gasteiger partial charge on any atom is 0.411 e. The van der Waals surface area contributed by atoms with Gasteiger partial charge in [-0.25, -0.2) is 9.59 Å². The molecule has 1 aliphatic rings. The fourth-order valence-electron chi connectivity index (χ4n) is 4.31. The van der Waals surface area contributed by atoms with E-state index in [1.807, 2.05) is 0 Å². The summed E-state index contributed by atoms with van der Waals surface area (Å²) in [6, 6.07) is 1.45. The van der Waals surface area contributed by atoms with Crippen LogP contribution < -0.4 is 0 Å². The third-order valence-corrected chi connectivity index (χ3v) is 5.73. The van der Waals surface area contributed by atoms with E-state index in [9.17, 15) is 19.7 Å². The SMILES string of the molecule is C=CCOC(=O)N1[C@H](C(=O)OCC)[C@@H](C(C)(C)C)[C@H]([N+](=O)[O-])[C@@H]1c1cc(Cl)ccc1C. The summed E-state index contributed by atoms with van der Waals surface area (Å²) in [6.45, 7) is 12.3. The summed E-state index contributed by atoms with van der Waals surface area (Å²) in [6.07, 6.45) is 0.542. The minimum absolute atomic E-state index is 0.0751. The average Bonchev–Trinajstić information content (AvgIpc) is 3.05. The van der Waals surface area contributed by atoms with Crippen molar-refractivity contribution < 1.29 is 24.0 Å². The van der Waals surface area contributed by atoms with Crippen molar-refractivity contribution >= 4 is 23.7 Å². The van der Waals surface area contributed by atoms with E-state index in [0.717, 1.165) is 4.90 Å². The quantitative estimate of drug-likeness (QED) is 0.271. The molecule has 9 heteroatoms. The number of nitro groups is 1. The molecule has 1 fully saturated rings. The van der Waals surface area contributed by atoms with Crippen LogP contribution in [0.25, 0.3) is 0 Å². The summed E-state index contributed by atoms with van der Waals surface area (Å²) in [5, 5.41) is 12.7. The molecule has 0 spiro atoms. The maximum atomic E-state index is 13.1. The lowest BCUT2D eigenvalue weighted by molar-refractivity contribution is -0.536. The van der Waals surface area contributed by atoms with Crippen LogP contribution >= 0.6 is 11.6 Å². The van der Waals surface area contributed by atoms with Gasteiger partial charge in [0.1, 0.15) is 18.7 Å². The highest BCUT2D eigenvalue weighted by atomic mass is 35.5. The summed E-state index contributed by atoms with van der Waals surface area (Å²) < 4.78 is 10.5. The number of esters is 1. The van der Waals surface area contributed by atoms with Crippen LogP contribution in [0.1, 0.15) is 44.9 Å². The number of amides is 1. The van der Waals surface area contributed by atoms with Gasteiger partial charge in [-0.1, -0.05) is 51.1 Å². The smallest absolute Gasteiger partial charge is 0.411 e. The lowest BCUT2D eigenvalue weighted by Gasteiger charge is -2.32. The number of aryl methyl sites for hydroxylation is 1. The van der Waals surface area contributed by atoms with Crippen LogP contribution in [0.15, 0.2) is 30.9 Å². The van der Waals surface area contributed by atoms with Crippen molar-refractivity contribution in [2.45, 2.75) is 52.7 Å². The first-order valence-electron chi connectivity index (χ1n) is 10.1. The molecule has 0 N–H and O–H groups in total. The van der Waals surface area contributed by atoms with Crippen molar-refractivity contribution in [3.05, 3.63) is 57.1 Å². The summed E-state index contributed by atoms with van der Waals surface area (Å²) in [5.41, 5.74) is 0.499. The van der Waals surface area contributed by atoms with E-state index >= 15 is 0 Å². The molecule has 1 saturated heterocycles. The fourth-order valence-corrected chi connectivity index (χ4v) is 4.49. The summed E-state index contributed by atoms with van der Waals surface area (Å²) in [5.74, 6) is -1.53. The van der Waals surface area contributed by atoms with Crippen LogP contribution in [-0.4, -0.2) is 47.2 Å². The minimum Gasteiger partial charge on any atom is -0.464 e. The number of likely N-dealkylation sites (tertiary alicyclic amines) is 1. The van der Waals surface area contributed by atoms with E-state index in [4.69, 9.17) is 21.1 Å². The molecule has 4 atom stereocenters. The molecule has 1 amide bonds. The van der Waals surface area contributed by atoms with Crippen LogP contribution in [0.5, 0.6) is 0 Å². The number of carbonyl (C=O) groups excluding carboxylic acids is 2. The predicted molar refractivity (Wildman–Crippen MR) is 116 cm³/mol. The third kappa shape index (κ3) is 5.01. The van der Waals surface area contributed by atoms with Gasteiger partial charge in [0.15, 0.2) is 0 Å². The second-order valence-electron chi connectivity index (χ2n) is 8.58. The largest absolute Gasteiger partial charge is 0.464 e. The van der Waals surface area contributed by atoms with Crippen molar-refractivity contribution in [2.24, 2.45) is 11.3 Å². The molecule has 1 heterocycles. The Bertz CT molecular complexity index is 866. The summed E-state index contributed by atoms with van der Waals surface area (Å²) in [7, 11) is 0. The predicted octanol–water partition coefficient (Wildman–Crippen LogP) is 4.57. The van der Waals surface area contributed by atoms with Gasteiger partial charge in [0.05, 0.1) is 12.5 Å². The molecule has 1 aromatic carbocycles. The van der Waals surface area contributed by atoms with Gasteiger partial charge in [0.25, 0.3) is 0 Å². The van der Waals surface area contributed by atoms with Crippen LogP contribution in [0.4, 0.5) is 4.79 Å². The molecule has 8 nitrogen and oxygen atoms in total. The molecule has 0 aliphatic carbocycles. The zero-order chi connectivity index (χ0) is 23.5. The zero-order valence-electron chi connectivity index (χ0n) is 18.5. The first-order valence-corrected chi connectivity index (χ1v) is 10.5. The number of nitrogens with zero attached hydrogens (tertiary/aromatic N) is 2. The average molecular weight is 453 g/mol. The molecule has 0 unspecified atom stereocenters. The van der Waals surface area contributed by atoms with Crippen molar-refractivity contribution in [1.29, 1.82) is 0 Å². The number of halogens is 1. The van der Waals surface area contributed by atoms with E-state index in [-0.39, 0.29) is 13.2 Å². The van der Waals surface area contributed by atoms with Gasteiger partial charge >= 0.3 is 12.1 Å². The van der Waals surface area contributed by atoms with E-state index in [2.05, 4.69) is 6.58 Å². The Morgan fingerprint density at radius 2 is 1.97 bits per heavy atom. The minimum atomic E-state index is -1.28. The molecule has 1 aliphatic heterocycles. The van der Waals surface area contributed by atoms with E-state index in [0.29, 0.717) is 16.1 Å². The van der Waals surface area contributed by atoms with Gasteiger partial charge in [-0.05, 0) is 42.5 Å². The molecule has 0 aromatic heterocycles. The standard InChI is InChI=1S/C22H29ClN2O6/c1-7-11-31-21(27)24-17(15-12-14(23)10-9-13(15)3)18(25(28)29)16(22(4,5)6)19(24)20(26)30-8-2/h7,9-10,12,16-19H,1,8,11H2,2-6H3/t16-,17-,18-,19-/m0/s1. The second kappa shape index (κ2) is 9.68. The van der Waals surface area contributed by atoms with E-state index in [1.165, 1.54) is 6.08 Å². The molecule has 0 bridgehead atoms. The Labute approximate surface area is 187 Å². The van der Waals surface area contributed by atoms with Gasteiger partial charge in [0, 0.05) is 9.95 Å². The Morgan fingerprint density at radius 1 is 1.32 bits per heavy atom. The van der Waals surface area contributed by atoms with Crippen molar-refractivity contribution in [3.63, 3.8) is 0 Å². The first kappa shape index (κ1) is 24.7. The summed E-state index contributed by atoms with van der Waals surface area (Å²) in [4.78, 5) is 39.3. The second-order valence-corrected chi connectivity index (χ2v) is 9.02. The highest BCUT2D eigenvalue weighted by Gasteiger charge is 2.64. The van der Waals surface area contributed by atoms with Gasteiger partial charge in [-0.15, -0.1) is 0 Å². The van der Waals surface area contributed by atoms with Gasteiger partial charge in [-0.3, -0.25) is 15.0 Å². The molecule has 0 saturated carbocycles. The topological polar surface area (TPSA) is 99.0 Å². The Balaban J connectivity index is 2.81. The number of hydrogen-bond acceptors (Lipinski definition) is 6. The molecular weight excluding hydrogens is 424 g/mol. The van der Waals surface area contributed by atoms with Gasteiger partial charge < -0.3 is 9.47 Å². The molecule has 31 heavy (non-hydrogen) atoms. The molecule has 0 radical (unpaired) electrons. The Morgan fingerprint density at radius 3 is 2.48 bits per heavy atom. The molecular formula is C22H29ClN2O6. The third-order valence-electron chi connectivity index (χ3n) is 5.50. The number of benzene rings is 1.